The first-order valence-electron chi connectivity index (χ1n) is 6.01. The molecule has 0 radical (unpaired) electrons. The summed E-state index contributed by atoms with van der Waals surface area (Å²) in [6, 6.07) is -1.44. The van der Waals surface area contributed by atoms with Gasteiger partial charge in [-0.3, -0.25) is 4.90 Å². The van der Waals surface area contributed by atoms with Gasteiger partial charge in [-0.25, -0.2) is 0 Å². The zero-order valence-corrected chi connectivity index (χ0v) is 9.34. The Bertz CT molecular complexity index is 220. The first kappa shape index (κ1) is 12.2. The van der Waals surface area contributed by atoms with Gasteiger partial charge in [-0.2, -0.15) is 13.2 Å². The lowest BCUT2D eigenvalue weighted by molar-refractivity contribution is -0.182. The second kappa shape index (κ2) is 4.53. The molecule has 94 valence electrons. The minimum Gasteiger partial charge on any atom is -0.329 e. The zero-order chi connectivity index (χ0) is 11.8. The topological polar surface area (TPSA) is 29.3 Å². The molecule has 2 nitrogen and oxygen atoms in total. The van der Waals surface area contributed by atoms with E-state index in [0.717, 1.165) is 25.7 Å². The van der Waals surface area contributed by atoms with E-state index in [1.54, 1.807) is 4.90 Å². The molecule has 0 aromatic heterocycles. The van der Waals surface area contributed by atoms with Gasteiger partial charge in [-0.15, -0.1) is 0 Å². The minimum atomic E-state index is -4.18. The number of nitrogens with zero attached hydrogens (tertiary/aromatic N) is 1. The molecule has 0 aromatic carbocycles. The molecule has 0 saturated heterocycles. The van der Waals surface area contributed by atoms with Crippen molar-refractivity contribution in [1.29, 1.82) is 0 Å². The van der Waals surface area contributed by atoms with Crippen LogP contribution in [-0.4, -0.2) is 36.8 Å². The van der Waals surface area contributed by atoms with Gasteiger partial charge in [0.25, 0.3) is 0 Å². The Morgan fingerprint density at radius 1 is 1.06 bits per heavy atom. The molecule has 1 atom stereocenters. The van der Waals surface area contributed by atoms with E-state index in [-0.39, 0.29) is 6.54 Å². The number of hydrogen-bond acceptors (Lipinski definition) is 2. The number of nitrogens with two attached hydrogens (primary N) is 1. The van der Waals surface area contributed by atoms with Crippen LogP contribution < -0.4 is 5.73 Å². The van der Waals surface area contributed by atoms with E-state index in [0.29, 0.717) is 24.9 Å². The van der Waals surface area contributed by atoms with Gasteiger partial charge in [-0.05, 0) is 37.5 Å². The quantitative estimate of drug-likeness (QED) is 0.764. The van der Waals surface area contributed by atoms with Crippen LogP contribution in [0.2, 0.25) is 0 Å². The van der Waals surface area contributed by atoms with Crippen molar-refractivity contribution >= 4 is 0 Å². The van der Waals surface area contributed by atoms with Gasteiger partial charge in [0.05, 0.1) is 0 Å². The Labute approximate surface area is 94.0 Å². The van der Waals surface area contributed by atoms with E-state index in [4.69, 9.17) is 5.73 Å². The van der Waals surface area contributed by atoms with Gasteiger partial charge in [0.15, 0.2) is 0 Å². The molecule has 2 aliphatic carbocycles. The molecule has 0 aromatic rings. The lowest BCUT2D eigenvalue weighted by Crippen LogP contribution is -2.51. The van der Waals surface area contributed by atoms with Crippen LogP contribution in [0.1, 0.15) is 25.7 Å². The number of alkyl halides is 3. The van der Waals surface area contributed by atoms with Crippen LogP contribution in [0.5, 0.6) is 0 Å². The molecule has 5 heteroatoms. The van der Waals surface area contributed by atoms with Crippen LogP contribution in [0.15, 0.2) is 0 Å². The smallest absolute Gasteiger partial charge is 0.329 e. The first-order chi connectivity index (χ1) is 7.50. The second-order valence-electron chi connectivity index (χ2n) is 5.13. The maximum absolute atomic E-state index is 12.8. The fourth-order valence-corrected chi connectivity index (χ4v) is 2.08. The van der Waals surface area contributed by atoms with Crippen LogP contribution in [0.4, 0.5) is 13.2 Å². The van der Waals surface area contributed by atoms with E-state index in [1.165, 1.54) is 0 Å². The van der Waals surface area contributed by atoms with Crippen molar-refractivity contribution < 1.29 is 13.2 Å². The molecule has 2 fully saturated rings. The lowest BCUT2D eigenvalue weighted by Gasteiger charge is -2.32. The fourth-order valence-electron chi connectivity index (χ4n) is 2.08. The van der Waals surface area contributed by atoms with Gasteiger partial charge >= 0.3 is 6.18 Å². The molecule has 16 heavy (non-hydrogen) atoms. The third kappa shape index (κ3) is 3.35. The summed E-state index contributed by atoms with van der Waals surface area (Å²) in [4.78, 5) is 1.58. The summed E-state index contributed by atoms with van der Waals surface area (Å²) >= 11 is 0. The van der Waals surface area contributed by atoms with E-state index >= 15 is 0 Å². The molecule has 2 N–H and O–H groups in total. The van der Waals surface area contributed by atoms with E-state index < -0.39 is 12.2 Å². The zero-order valence-electron chi connectivity index (χ0n) is 9.34. The average Bonchev–Trinajstić information content (AvgIpc) is 2.96. The van der Waals surface area contributed by atoms with Crippen LogP contribution in [0.25, 0.3) is 0 Å². The number of hydrogen-bond donors (Lipinski definition) is 1. The maximum Gasteiger partial charge on any atom is 0.405 e. The summed E-state index contributed by atoms with van der Waals surface area (Å²) in [7, 11) is 0. The minimum absolute atomic E-state index is 0.317. The predicted octanol–water partition coefficient (Wildman–Crippen LogP) is 2.00. The van der Waals surface area contributed by atoms with Crippen LogP contribution in [-0.2, 0) is 0 Å². The van der Waals surface area contributed by atoms with Crippen molar-refractivity contribution in [3.05, 3.63) is 0 Å². The molecule has 0 aliphatic heterocycles. The molecule has 1 unspecified atom stereocenters. The Morgan fingerprint density at radius 3 is 1.75 bits per heavy atom. The van der Waals surface area contributed by atoms with Crippen LogP contribution in [0, 0.1) is 11.8 Å². The van der Waals surface area contributed by atoms with Crippen molar-refractivity contribution in [3.63, 3.8) is 0 Å². The monoisotopic (exact) mass is 236 g/mol. The molecule has 2 saturated carbocycles. The Balaban J connectivity index is 1.95. The van der Waals surface area contributed by atoms with E-state index in [1.807, 2.05) is 0 Å². The fraction of sp³-hybridized carbons (Fsp3) is 1.00. The molecular weight excluding hydrogens is 217 g/mol. The summed E-state index contributed by atoms with van der Waals surface area (Å²) in [5.41, 5.74) is 5.29. The second-order valence-corrected chi connectivity index (χ2v) is 5.13. The van der Waals surface area contributed by atoms with Gasteiger partial charge in [-0.1, -0.05) is 0 Å². The van der Waals surface area contributed by atoms with E-state index in [9.17, 15) is 13.2 Å². The maximum atomic E-state index is 12.8. The first-order valence-corrected chi connectivity index (χ1v) is 6.01. The van der Waals surface area contributed by atoms with Crippen LogP contribution >= 0.6 is 0 Å². The Kier molecular flexibility index (Phi) is 3.45. The molecule has 0 bridgehead atoms. The highest BCUT2D eigenvalue weighted by molar-refractivity contribution is 4.88. The summed E-state index contributed by atoms with van der Waals surface area (Å²) < 4.78 is 38.4. The molecule has 0 heterocycles. The van der Waals surface area contributed by atoms with Crippen molar-refractivity contribution in [1.82, 2.24) is 4.90 Å². The summed E-state index contributed by atoms with van der Waals surface area (Å²) in [6.45, 7) is 0.846. The number of rotatable bonds is 6. The summed E-state index contributed by atoms with van der Waals surface area (Å²) in [6.07, 6.45) is 0.137. The van der Waals surface area contributed by atoms with Crippen LogP contribution in [0.3, 0.4) is 0 Å². The van der Waals surface area contributed by atoms with E-state index in [2.05, 4.69) is 0 Å². The van der Waals surface area contributed by atoms with Crippen molar-refractivity contribution in [2.24, 2.45) is 17.6 Å². The highest BCUT2D eigenvalue weighted by atomic mass is 19.4. The molecule has 0 spiro atoms. The lowest BCUT2D eigenvalue weighted by atomic mass is 10.2. The molecule has 2 rings (SSSR count). The SMILES string of the molecule is NCC(N(CC1CC1)CC1CC1)C(F)(F)F. The van der Waals surface area contributed by atoms with Gasteiger partial charge in [0.1, 0.15) is 6.04 Å². The van der Waals surface area contributed by atoms with Crippen molar-refractivity contribution in [2.75, 3.05) is 19.6 Å². The third-order valence-corrected chi connectivity index (χ3v) is 3.42. The average molecular weight is 236 g/mol. The highest BCUT2D eigenvalue weighted by Gasteiger charge is 2.45. The van der Waals surface area contributed by atoms with Gasteiger partial charge in [0, 0.05) is 19.6 Å². The summed E-state index contributed by atoms with van der Waals surface area (Å²) in [5, 5.41) is 0. The third-order valence-electron chi connectivity index (χ3n) is 3.42. The standard InChI is InChI=1S/C11H19F3N2/c12-11(13,14)10(5-15)16(6-8-1-2-8)7-9-3-4-9/h8-10H,1-7,15H2. The normalized spacial score (nSPS) is 23.8. The summed E-state index contributed by atoms with van der Waals surface area (Å²) in [5.74, 6) is 0.963. The Hall–Kier alpha value is -0.290. The van der Waals surface area contributed by atoms with Gasteiger partial charge < -0.3 is 5.73 Å². The molecule has 2 aliphatic rings. The Morgan fingerprint density at radius 2 is 1.50 bits per heavy atom. The molecule has 0 amide bonds. The van der Waals surface area contributed by atoms with Crippen molar-refractivity contribution in [2.45, 2.75) is 37.9 Å². The highest BCUT2D eigenvalue weighted by Crippen LogP contribution is 2.36. The predicted molar refractivity (Wildman–Crippen MR) is 55.9 cm³/mol. The largest absolute Gasteiger partial charge is 0.405 e. The number of halogens is 3. The van der Waals surface area contributed by atoms with Gasteiger partial charge in [0.2, 0.25) is 0 Å². The molecular formula is C11H19F3N2. The van der Waals surface area contributed by atoms with Crippen molar-refractivity contribution in [3.8, 4) is 0 Å².